The van der Waals surface area contributed by atoms with Crippen LogP contribution in [-0.2, 0) is 11.3 Å². The number of hydrogen-bond acceptors (Lipinski definition) is 4. The summed E-state index contributed by atoms with van der Waals surface area (Å²) < 4.78 is 16.7. The minimum Gasteiger partial charge on any atom is -0.494 e. The smallest absolute Gasteiger partial charge is 0.119 e. The molecule has 0 saturated carbocycles. The Kier molecular flexibility index (Phi) is 10.2. The van der Waals surface area contributed by atoms with Gasteiger partial charge in [0.15, 0.2) is 0 Å². The van der Waals surface area contributed by atoms with Gasteiger partial charge in [-0.15, -0.1) is 0 Å². The lowest BCUT2D eigenvalue weighted by Gasteiger charge is -2.10. The van der Waals surface area contributed by atoms with Gasteiger partial charge >= 0.3 is 0 Å². The van der Waals surface area contributed by atoms with Gasteiger partial charge in [-0.25, -0.2) is 0 Å². The third-order valence-corrected chi connectivity index (χ3v) is 4.24. The predicted octanol–water partition coefficient (Wildman–Crippen LogP) is 5.67. The summed E-state index contributed by atoms with van der Waals surface area (Å²) >= 11 is 0. The lowest BCUT2D eigenvalue weighted by atomic mass is 10.2. The molecular formula is C23H33NO3. The van der Waals surface area contributed by atoms with E-state index in [1.54, 1.807) is 0 Å². The van der Waals surface area contributed by atoms with Crippen molar-refractivity contribution in [2.45, 2.75) is 46.1 Å². The maximum atomic E-state index is 5.78. The van der Waals surface area contributed by atoms with Crippen LogP contribution in [0.3, 0.4) is 0 Å². The van der Waals surface area contributed by atoms with Gasteiger partial charge in [-0.05, 0) is 55.3 Å². The second kappa shape index (κ2) is 13.0. The molecule has 4 heteroatoms. The Balaban J connectivity index is 1.68. The summed E-state index contributed by atoms with van der Waals surface area (Å²) in [6.45, 7) is 7.70. The Morgan fingerprint density at radius 2 is 1.37 bits per heavy atom. The molecule has 0 heterocycles. The SMILES string of the molecule is CCCCCCOc1ccc(NCc2ccc(OCCOCC)cc2)cc1. The summed E-state index contributed by atoms with van der Waals surface area (Å²) in [4.78, 5) is 0. The Morgan fingerprint density at radius 3 is 2.04 bits per heavy atom. The molecule has 0 fully saturated rings. The zero-order valence-corrected chi connectivity index (χ0v) is 16.7. The number of nitrogens with one attached hydrogen (secondary N) is 1. The van der Waals surface area contributed by atoms with E-state index >= 15 is 0 Å². The van der Waals surface area contributed by atoms with Crippen LogP contribution in [0.2, 0.25) is 0 Å². The maximum Gasteiger partial charge on any atom is 0.119 e. The number of ether oxygens (including phenoxy) is 3. The molecule has 2 aromatic carbocycles. The molecule has 0 spiro atoms. The molecule has 0 saturated heterocycles. The van der Waals surface area contributed by atoms with Crippen LogP contribution in [0.1, 0.15) is 45.1 Å². The van der Waals surface area contributed by atoms with E-state index in [4.69, 9.17) is 14.2 Å². The Morgan fingerprint density at radius 1 is 0.704 bits per heavy atom. The average molecular weight is 372 g/mol. The highest BCUT2D eigenvalue weighted by Gasteiger charge is 1.99. The van der Waals surface area contributed by atoms with Crippen molar-refractivity contribution in [3.63, 3.8) is 0 Å². The van der Waals surface area contributed by atoms with E-state index in [-0.39, 0.29) is 0 Å². The van der Waals surface area contributed by atoms with Crippen LogP contribution < -0.4 is 14.8 Å². The number of unbranched alkanes of at least 4 members (excludes halogenated alkanes) is 3. The van der Waals surface area contributed by atoms with Crippen molar-refractivity contribution in [1.82, 2.24) is 0 Å². The zero-order chi connectivity index (χ0) is 19.2. The average Bonchev–Trinajstić information content (AvgIpc) is 2.71. The Bertz CT molecular complexity index is 611. The largest absolute Gasteiger partial charge is 0.494 e. The summed E-state index contributed by atoms with van der Waals surface area (Å²) in [6, 6.07) is 16.3. The van der Waals surface area contributed by atoms with Crippen LogP contribution in [0.5, 0.6) is 11.5 Å². The minimum absolute atomic E-state index is 0.582. The number of anilines is 1. The lowest BCUT2D eigenvalue weighted by molar-refractivity contribution is 0.110. The molecule has 0 radical (unpaired) electrons. The van der Waals surface area contributed by atoms with Gasteiger partial charge in [0.1, 0.15) is 18.1 Å². The highest BCUT2D eigenvalue weighted by atomic mass is 16.5. The van der Waals surface area contributed by atoms with Gasteiger partial charge in [0, 0.05) is 18.8 Å². The van der Waals surface area contributed by atoms with Crippen LogP contribution >= 0.6 is 0 Å². The highest BCUT2D eigenvalue weighted by molar-refractivity contribution is 5.47. The van der Waals surface area contributed by atoms with E-state index in [9.17, 15) is 0 Å². The second-order valence-corrected chi connectivity index (χ2v) is 6.48. The van der Waals surface area contributed by atoms with Gasteiger partial charge in [0.25, 0.3) is 0 Å². The van der Waals surface area contributed by atoms with Crippen molar-refractivity contribution in [2.75, 3.05) is 31.7 Å². The van der Waals surface area contributed by atoms with Gasteiger partial charge in [-0.2, -0.15) is 0 Å². The molecule has 27 heavy (non-hydrogen) atoms. The molecule has 0 amide bonds. The van der Waals surface area contributed by atoms with Crippen molar-refractivity contribution in [1.29, 1.82) is 0 Å². The lowest BCUT2D eigenvalue weighted by Crippen LogP contribution is -2.06. The van der Waals surface area contributed by atoms with Crippen LogP contribution in [0.25, 0.3) is 0 Å². The summed E-state index contributed by atoms with van der Waals surface area (Å²) in [6.07, 6.45) is 4.91. The fourth-order valence-electron chi connectivity index (χ4n) is 2.66. The fourth-order valence-corrected chi connectivity index (χ4v) is 2.66. The zero-order valence-electron chi connectivity index (χ0n) is 16.7. The standard InChI is InChI=1S/C23H33NO3/c1-3-5-6-7-16-26-23-14-10-21(11-15-23)24-19-20-8-12-22(13-9-20)27-18-17-25-4-2/h8-15,24H,3-7,16-19H2,1-2H3. The first-order chi connectivity index (χ1) is 13.3. The van der Waals surface area contributed by atoms with E-state index in [0.717, 1.165) is 43.4 Å². The molecule has 0 unspecified atom stereocenters. The molecule has 0 bridgehead atoms. The number of hydrogen-bond donors (Lipinski definition) is 1. The van der Waals surface area contributed by atoms with Gasteiger partial charge in [0.05, 0.1) is 13.2 Å². The minimum atomic E-state index is 0.582. The molecule has 0 aliphatic rings. The quantitative estimate of drug-likeness (QED) is 0.434. The van der Waals surface area contributed by atoms with Crippen LogP contribution in [0.15, 0.2) is 48.5 Å². The van der Waals surface area contributed by atoms with Crippen LogP contribution in [-0.4, -0.2) is 26.4 Å². The van der Waals surface area contributed by atoms with Crippen molar-refractivity contribution < 1.29 is 14.2 Å². The van der Waals surface area contributed by atoms with E-state index in [2.05, 4.69) is 36.5 Å². The van der Waals surface area contributed by atoms with Gasteiger partial charge in [-0.3, -0.25) is 0 Å². The highest BCUT2D eigenvalue weighted by Crippen LogP contribution is 2.18. The molecule has 4 nitrogen and oxygen atoms in total. The molecule has 1 N–H and O–H groups in total. The molecule has 148 valence electrons. The third-order valence-electron chi connectivity index (χ3n) is 4.24. The predicted molar refractivity (Wildman–Crippen MR) is 112 cm³/mol. The topological polar surface area (TPSA) is 39.7 Å². The molecule has 0 aliphatic carbocycles. The van der Waals surface area contributed by atoms with Crippen molar-refractivity contribution in [3.8, 4) is 11.5 Å². The van der Waals surface area contributed by atoms with E-state index in [0.29, 0.717) is 13.2 Å². The first kappa shape index (κ1) is 21.1. The molecule has 2 aromatic rings. The fraction of sp³-hybridized carbons (Fsp3) is 0.478. The van der Waals surface area contributed by atoms with Gasteiger partial charge in [0.2, 0.25) is 0 Å². The monoisotopic (exact) mass is 371 g/mol. The first-order valence-corrected chi connectivity index (χ1v) is 10.1. The summed E-state index contributed by atoms with van der Waals surface area (Å²) in [5.41, 5.74) is 2.30. The normalized spacial score (nSPS) is 10.6. The maximum absolute atomic E-state index is 5.78. The number of benzene rings is 2. The number of rotatable bonds is 14. The Hall–Kier alpha value is -2.20. The molecule has 2 rings (SSSR count). The third kappa shape index (κ3) is 8.83. The summed E-state index contributed by atoms with van der Waals surface area (Å²) in [7, 11) is 0. The van der Waals surface area contributed by atoms with Crippen molar-refractivity contribution in [3.05, 3.63) is 54.1 Å². The molecule has 0 aliphatic heterocycles. The van der Waals surface area contributed by atoms with Crippen molar-refractivity contribution in [2.24, 2.45) is 0 Å². The van der Waals surface area contributed by atoms with Gasteiger partial charge in [-0.1, -0.05) is 38.3 Å². The summed E-state index contributed by atoms with van der Waals surface area (Å²) in [5.74, 6) is 1.81. The summed E-state index contributed by atoms with van der Waals surface area (Å²) in [5, 5.41) is 3.44. The van der Waals surface area contributed by atoms with E-state index in [1.807, 2.05) is 31.2 Å². The van der Waals surface area contributed by atoms with Gasteiger partial charge < -0.3 is 19.5 Å². The molecular weight excluding hydrogens is 338 g/mol. The Labute approximate surface area is 163 Å². The van der Waals surface area contributed by atoms with Crippen molar-refractivity contribution >= 4 is 5.69 Å². The molecule has 0 atom stereocenters. The van der Waals surface area contributed by atoms with Crippen LogP contribution in [0.4, 0.5) is 5.69 Å². The second-order valence-electron chi connectivity index (χ2n) is 6.48. The van der Waals surface area contributed by atoms with Crippen LogP contribution in [0, 0.1) is 0 Å². The molecule has 0 aromatic heterocycles. The first-order valence-electron chi connectivity index (χ1n) is 10.1. The van der Waals surface area contributed by atoms with E-state index in [1.165, 1.54) is 24.8 Å². The van der Waals surface area contributed by atoms with E-state index < -0.39 is 0 Å².